The number of amides is 1. The number of pyridine rings is 1. The minimum atomic E-state index is -0.163. The van der Waals surface area contributed by atoms with Crippen LogP contribution in [0.1, 0.15) is 26.3 Å². The third kappa shape index (κ3) is 4.03. The van der Waals surface area contributed by atoms with Gasteiger partial charge >= 0.3 is 0 Å². The van der Waals surface area contributed by atoms with Gasteiger partial charge in [0.15, 0.2) is 0 Å². The highest BCUT2D eigenvalue weighted by atomic mass is 16.1. The molecule has 0 aliphatic carbocycles. The summed E-state index contributed by atoms with van der Waals surface area (Å²) in [6.07, 6.45) is 3.80. The highest BCUT2D eigenvalue weighted by molar-refractivity contribution is 5.79. The number of aromatic nitrogens is 1. The number of hydrogen-bond acceptors (Lipinski definition) is 2. The summed E-state index contributed by atoms with van der Waals surface area (Å²) < 4.78 is 0. The van der Waals surface area contributed by atoms with Gasteiger partial charge in [-0.25, -0.2) is 0 Å². The van der Waals surface area contributed by atoms with Crippen LogP contribution in [0.15, 0.2) is 24.5 Å². The lowest BCUT2D eigenvalue weighted by atomic mass is 10.1. The predicted molar refractivity (Wildman–Crippen MR) is 55.8 cm³/mol. The zero-order valence-corrected chi connectivity index (χ0v) is 8.87. The fourth-order valence-corrected chi connectivity index (χ4v) is 1.15. The number of rotatable bonds is 2. The van der Waals surface area contributed by atoms with Gasteiger partial charge in [-0.3, -0.25) is 9.78 Å². The van der Waals surface area contributed by atoms with Gasteiger partial charge in [-0.2, -0.15) is 0 Å². The summed E-state index contributed by atoms with van der Waals surface area (Å²) in [5, 5.41) is 2.91. The highest BCUT2D eigenvalue weighted by Gasteiger charge is 2.13. The fourth-order valence-electron chi connectivity index (χ4n) is 1.15. The Hall–Kier alpha value is -1.38. The van der Waals surface area contributed by atoms with Gasteiger partial charge in [0.2, 0.25) is 5.91 Å². The van der Waals surface area contributed by atoms with Crippen LogP contribution in [0.4, 0.5) is 0 Å². The summed E-state index contributed by atoms with van der Waals surface area (Å²) in [6, 6.07) is 3.70. The monoisotopic (exact) mass is 192 g/mol. The molecule has 0 bridgehead atoms. The molecule has 0 fully saturated rings. The Morgan fingerprint density at radius 2 is 1.93 bits per heavy atom. The zero-order chi connectivity index (χ0) is 10.6. The Balaban J connectivity index is 2.50. The molecule has 14 heavy (non-hydrogen) atoms. The van der Waals surface area contributed by atoms with Gasteiger partial charge in [0.1, 0.15) is 0 Å². The van der Waals surface area contributed by atoms with E-state index in [9.17, 15) is 4.79 Å². The van der Waals surface area contributed by atoms with Gasteiger partial charge in [0.25, 0.3) is 0 Å². The summed E-state index contributed by atoms with van der Waals surface area (Å²) in [5.41, 5.74) is 0.825. The third-order valence-corrected chi connectivity index (χ3v) is 1.63. The lowest BCUT2D eigenvalue weighted by Crippen LogP contribution is -2.41. The first kappa shape index (κ1) is 10.7. The molecule has 1 amide bonds. The highest BCUT2D eigenvalue weighted by Crippen LogP contribution is 2.02. The number of nitrogens with one attached hydrogen (secondary N) is 1. The van der Waals surface area contributed by atoms with E-state index in [-0.39, 0.29) is 11.4 Å². The minimum absolute atomic E-state index is 0.0451. The van der Waals surface area contributed by atoms with E-state index in [2.05, 4.69) is 10.3 Å². The molecule has 0 radical (unpaired) electrons. The topological polar surface area (TPSA) is 42.0 Å². The summed E-state index contributed by atoms with van der Waals surface area (Å²) in [5.74, 6) is 0.0451. The Labute approximate surface area is 84.6 Å². The standard InChI is InChI=1S/C11H16N2O/c1-11(2,3)13-10(14)8-9-4-6-12-7-5-9/h4-7H,8H2,1-3H3,(H,13,14). The number of carbonyl (C=O) groups excluding carboxylic acids is 1. The van der Waals surface area contributed by atoms with E-state index in [0.29, 0.717) is 6.42 Å². The normalized spacial score (nSPS) is 11.1. The minimum Gasteiger partial charge on any atom is -0.351 e. The molecule has 1 aromatic heterocycles. The Morgan fingerprint density at radius 1 is 1.36 bits per heavy atom. The van der Waals surface area contributed by atoms with Crippen molar-refractivity contribution in [1.82, 2.24) is 10.3 Å². The summed E-state index contributed by atoms with van der Waals surface area (Å²) >= 11 is 0. The van der Waals surface area contributed by atoms with Crippen LogP contribution in [-0.4, -0.2) is 16.4 Å². The van der Waals surface area contributed by atoms with Crippen LogP contribution in [0.2, 0.25) is 0 Å². The molecule has 1 rings (SSSR count). The molecule has 0 saturated heterocycles. The molecule has 3 nitrogen and oxygen atoms in total. The van der Waals surface area contributed by atoms with Gasteiger partial charge in [0, 0.05) is 17.9 Å². The van der Waals surface area contributed by atoms with Crippen molar-refractivity contribution < 1.29 is 4.79 Å². The molecule has 1 aromatic rings. The first-order valence-electron chi connectivity index (χ1n) is 4.67. The molecule has 0 aliphatic heterocycles. The maximum atomic E-state index is 11.5. The second-order valence-electron chi connectivity index (χ2n) is 4.33. The largest absolute Gasteiger partial charge is 0.351 e. The van der Waals surface area contributed by atoms with E-state index >= 15 is 0 Å². The Morgan fingerprint density at radius 3 is 2.43 bits per heavy atom. The van der Waals surface area contributed by atoms with Crippen molar-refractivity contribution in [2.45, 2.75) is 32.7 Å². The van der Waals surface area contributed by atoms with Crippen LogP contribution in [0.25, 0.3) is 0 Å². The molecule has 0 unspecified atom stereocenters. The summed E-state index contributed by atoms with van der Waals surface area (Å²) in [7, 11) is 0. The van der Waals surface area contributed by atoms with Crippen LogP contribution in [0.5, 0.6) is 0 Å². The molecule has 3 heteroatoms. The molecule has 0 aromatic carbocycles. The van der Waals surface area contributed by atoms with Crippen molar-refractivity contribution in [3.63, 3.8) is 0 Å². The van der Waals surface area contributed by atoms with Crippen LogP contribution in [0, 0.1) is 0 Å². The SMILES string of the molecule is CC(C)(C)NC(=O)Cc1ccncc1. The summed E-state index contributed by atoms with van der Waals surface area (Å²) in [6.45, 7) is 5.91. The van der Waals surface area contributed by atoms with Crippen molar-refractivity contribution in [2.75, 3.05) is 0 Å². The molecular weight excluding hydrogens is 176 g/mol. The van der Waals surface area contributed by atoms with Crippen LogP contribution >= 0.6 is 0 Å². The van der Waals surface area contributed by atoms with Crippen molar-refractivity contribution in [3.05, 3.63) is 30.1 Å². The molecular formula is C11H16N2O. The van der Waals surface area contributed by atoms with Gasteiger partial charge < -0.3 is 5.32 Å². The van der Waals surface area contributed by atoms with E-state index in [1.165, 1.54) is 0 Å². The van der Waals surface area contributed by atoms with Gasteiger partial charge in [0.05, 0.1) is 6.42 Å². The van der Waals surface area contributed by atoms with Gasteiger partial charge in [-0.1, -0.05) is 0 Å². The van der Waals surface area contributed by atoms with Crippen molar-refractivity contribution in [3.8, 4) is 0 Å². The molecule has 1 heterocycles. The van der Waals surface area contributed by atoms with Crippen LogP contribution in [0.3, 0.4) is 0 Å². The average Bonchev–Trinajstić information content (AvgIpc) is 2.02. The second-order valence-corrected chi connectivity index (χ2v) is 4.33. The van der Waals surface area contributed by atoms with Crippen LogP contribution in [-0.2, 0) is 11.2 Å². The van der Waals surface area contributed by atoms with Crippen molar-refractivity contribution >= 4 is 5.91 Å². The summed E-state index contributed by atoms with van der Waals surface area (Å²) in [4.78, 5) is 15.4. The molecule has 0 spiro atoms. The lowest BCUT2D eigenvalue weighted by Gasteiger charge is -2.20. The Kier molecular flexibility index (Phi) is 3.23. The fraction of sp³-hybridized carbons (Fsp3) is 0.455. The van der Waals surface area contributed by atoms with Gasteiger partial charge in [-0.05, 0) is 38.5 Å². The van der Waals surface area contributed by atoms with Crippen molar-refractivity contribution in [1.29, 1.82) is 0 Å². The van der Waals surface area contributed by atoms with Crippen LogP contribution < -0.4 is 5.32 Å². The van der Waals surface area contributed by atoms with Crippen molar-refractivity contribution in [2.24, 2.45) is 0 Å². The molecule has 0 saturated carbocycles. The molecule has 1 N–H and O–H groups in total. The Bertz CT molecular complexity index is 301. The molecule has 0 aliphatic rings. The average molecular weight is 192 g/mol. The predicted octanol–water partition coefficient (Wildman–Crippen LogP) is 1.54. The quantitative estimate of drug-likeness (QED) is 0.772. The second kappa shape index (κ2) is 4.22. The number of hydrogen-bond donors (Lipinski definition) is 1. The smallest absolute Gasteiger partial charge is 0.224 e. The maximum absolute atomic E-state index is 11.5. The van der Waals surface area contributed by atoms with E-state index in [1.54, 1.807) is 12.4 Å². The van der Waals surface area contributed by atoms with E-state index in [0.717, 1.165) is 5.56 Å². The molecule has 0 atom stereocenters. The van der Waals surface area contributed by atoms with Gasteiger partial charge in [-0.15, -0.1) is 0 Å². The first-order valence-corrected chi connectivity index (χ1v) is 4.67. The van der Waals surface area contributed by atoms with E-state index in [4.69, 9.17) is 0 Å². The first-order chi connectivity index (χ1) is 6.47. The third-order valence-electron chi connectivity index (χ3n) is 1.63. The maximum Gasteiger partial charge on any atom is 0.224 e. The lowest BCUT2D eigenvalue weighted by molar-refractivity contribution is -0.121. The van der Waals surface area contributed by atoms with E-state index < -0.39 is 0 Å². The zero-order valence-electron chi connectivity index (χ0n) is 8.87. The number of nitrogens with zero attached hydrogens (tertiary/aromatic N) is 1. The molecule has 76 valence electrons. The number of carbonyl (C=O) groups is 1. The van der Waals surface area contributed by atoms with E-state index in [1.807, 2.05) is 32.9 Å².